The Morgan fingerprint density at radius 1 is 1.29 bits per heavy atom. The molecular weight excluding hydrogens is 295 g/mol. The Labute approximate surface area is 126 Å². The molecule has 0 heterocycles. The maximum absolute atomic E-state index is 13.8. The second kappa shape index (κ2) is 6.45. The Bertz CT molecular complexity index is 677. The first-order chi connectivity index (χ1) is 10.0. The van der Waals surface area contributed by atoms with Gasteiger partial charge < -0.3 is 15.2 Å². The predicted octanol–water partition coefficient (Wildman–Crippen LogP) is 3.35. The molecule has 0 aliphatic heterocycles. The molecule has 0 radical (unpaired) electrons. The number of halogens is 2. The van der Waals surface area contributed by atoms with E-state index >= 15 is 0 Å². The maximum atomic E-state index is 13.8. The van der Waals surface area contributed by atoms with Gasteiger partial charge in [-0.1, -0.05) is 11.6 Å². The van der Waals surface area contributed by atoms with Crippen molar-refractivity contribution in [1.82, 2.24) is 0 Å². The number of ether oxygens (including phenoxy) is 2. The molecule has 4 nitrogen and oxygen atoms in total. The highest BCUT2D eigenvalue weighted by molar-refractivity contribution is 6.32. The summed E-state index contributed by atoms with van der Waals surface area (Å²) in [5, 5.41) is 7.64. The van der Waals surface area contributed by atoms with Crippen LogP contribution < -0.4 is 15.2 Å². The summed E-state index contributed by atoms with van der Waals surface area (Å²) in [6.07, 6.45) is 0. The molecule has 0 aliphatic rings. The van der Waals surface area contributed by atoms with Crippen LogP contribution in [0.15, 0.2) is 36.4 Å². The molecule has 0 saturated heterocycles. The summed E-state index contributed by atoms with van der Waals surface area (Å²) < 4.78 is 24.2. The summed E-state index contributed by atoms with van der Waals surface area (Å²) in [5.41, 5.74) is 6.26. The molecule has 2 rings (SSSR count). The zero-order valence-corrected chi connectivity index (χ0v) is 12.1. The fourth-order valence-electron chi connectivity index (χ4n) is 1.71. The van der Waals surface area contributed by atoms with Crippen LogP contribution in [0.1, 0.15) is 11.1 Å². The number of amidine groups is 1. The lowest BCUT2D eigenvalue weighted by Crippen LogP contribution is -2.10. The minimum absolute atomic E-state index is 0.0367. The first-order valence-electron chi connectivity index (χ1n) is 6.10. The number of hydrogen-bond acceptors (Lipinski definition) is 3. The molecular formula is C15H14ClFN2O2. The van der Waals surface area contributed by atoms with Gasteiger partial charge in [0, 0.05) is 17.2 Å². The van der Waals surface area contributed by atoms with Crippen molar-refractivity contribution in [1.29, 1.82) is 5.41 Å². The van der Waals surface area contributed by atoms with Gasteiger partial charge in [-0.25, -0.2) is 4.39 Å². The summed E-state index contributed by atoms with van der Waals surface area (Å²) in [6, 6.07) is 9.28. The molecule has 0 spiro atoms. The largest absolute Gasteiger partial charge is 0.497 e. The lowest BCUT2D eigenvalue weighted by atomic mass is 10.2. The van der Waals surface area contributed by atoms with Crippen LogP contribution in [0, 0.1) is 11.2 Å². The highest BCUT2D eigenvalue weighted by Gasteiger charge is 2.08. The Morgan fingerprint density at radius 2 is 2.05 bits per heavy atom. The number of nitrogens with two attached hydrogens (primary N) is 1. The van der Waals surface area contributed by atoms with E-state index in [1.165, 1.54) is 19.2 Å². The van der Waals surface area contributed by atoms with E-state index in [9.17, 15) is 4.39 Å². The molecule has 0 atom stereocenters. The molecule has 0 aromatic heterocycles. The minimum Gasteiger partial charge on any atom is -0.497 e. The molecule has 3 N–H and O–H groups in total. The lowest BCUT2D eigenvalue weighted by Gasteiger charge is -2.10. The first kappa shape index (κ1) is 15.1. The van der Waals surface area contributed by atoms with Crippen molar-refractivity contribution in [3.05, 3.63) is 58.4 Å². The van der Waals surface area contributed by atoms with Crippen LogP contribution in [0.25, 0.3) is 0 Å². The van der Waals surface area contributed by atoms with E-state index in [2.05, 4.69) is 0 Å². The molecule has 2 aromatic carbocycles. The SMILES string of the molecule is COc1ccc(COc2ccc(C(=N)N)cc2Cl)c(F)c1. The van der Waals surface area contributed by atoms with E-state index in [0.29, 0.717) is 27.6 Å². The van der Waals surface area contributed by atoms with Crippen LogP contribution >= 0.6 is 11.6 Å². The van der Waals surface area contributed by atoms with Crippen LogP contribution in [-0.2, 0) is 6.61 Å². The summed E-state index contributed by atoms with van der Waals surface area (Å²) in [5.74, 6) is 0.354. The molecule has 21 heavy (non-hydrogen) atoms. The van der Waals surface area contributed by atoms with Crippen molar-refractivity contribution in [3.63, 3.8) is 0 Å². The topological polar surface area (TPSA) is 68.3 Å². The van der Waals surface area contributed by atoms with Gasteiger partial charge in [-0.05, 0) is 30.3 Å². The van der Waals surface area contributed by atoms with Crippen LogP contribution in [0.3, 0.4) is 0 Å². The van der Waals surface area contributed by atoms with Gasteiger partial charge in [-0.3, -0.25) is 5.41 Å². The molecule has 0 aliphatic carbocycles. The Hall–Kier alpha value is -2.27. The number of benzene rings is 2. The van der Waals surface area contributed by atoms with Crippen molar-refractivity contribution >= 4 is 17.4 Å². The van der Waals surface area contributed by atoms with Crippen molar-refractivity contribution in [2.24, 2.45) is 5.73 Å². The van der Waals surface area contributed by atoms with Crippen LogP contribution in [0.2, 0.25) is 5.02 Å². The monoisotopic (exact) mass is 308 g/mol. The Kier molecular flexibility index (Phi) is 4.65. The van der Waals surface area contributed by atoms with Gasteiger partial charge in [-0.15, -0.1) is 0 Å². The molecule has 6 heteroatoms. The molecule has 2 aromatic rings. The van der Waals surface area contributed by atoms with Crippen LogP contribution in [0.4, 0.5) is 4.39 Å². The number of rotatable bonds is 5. The highest BCUT2D eigenvalue weighted by Crippen LogP contribution is 2.27. The molecule has 0 bridgehead atoms. The zero-order chi connectivity index (χ0) is 15.4. The van der Waals surface area contributed by atoms with E-state index < -0.39 is 5.82 Å². The van der Waals surface area contributed by atoms with Gasteiger partial charge >= 0.3 is 0 Å². The summed E-state index contributed by atoms with van der Waals surface area (Å²) in [6.45, 7) is 0.0367. The molecule has 0 unspecified atom stereocenters. The van der Waals surface area contributed by atoms with Crippen molar-refractivity contribution < 1.29 is 13.9 Å². The number of hydrogen-bond donors (Lipinski definition) is 2. The van der Waals surface area contributed by atoms with Crippen molar-refractivity contribution in [3.8, 4) is 11.5 Å². The van der Waals surface area contributed by atoms with E-state index in [4.69, 9.17) is 32.2 Å². The zero-order valence-electron chi connectivity index (χ0n) is 11.3. The van der Waals surface area contributed by atoms with Gasteiger partial charge in [0.1, 0.15) is 29.8 Å². The third kappa shape index (κ3) is 3.64. The quantitative estimate of drug-likeness (QED) is 0.657. The molecule has 0 saturated carbocycles. The Morgan fingerprint density at radius 3 is 2.62 bits per heavy atom. The van der Waals surface area contributed by atoms with Gasteiger partial charge in [-0.2, -0.15) is 0 Å². The smallest absolute Gasteiger partial charge is 0.138 e. The van der Waals surface area contributed by atoms with Gasteiger partial charge in [0.25, 0.3) is 0 Å². The second-order valence-electron chi connectivity index (χ2n) is 4.30. The first-order valence-corrected chi connectivity index (χ1v) is 6.48. The number of nitrogen functional groups attached to an aromatic ring is 1. The van der Waals surface area contributed by atoms with E-state index in [1.54, 1.807) is 24.3 Å². The summed E-state index contributed by atoms with van der Waals surface area (Å²) in [4.78, 5) is 0. The number of methoxy groups -OCH3 is 1. The van der Waals surface area contributed by atoms with Crippen molar-refractivity contribution in [2.75, 3.05) is 7.11 Å². The fourth-order valence-corrected chi connectivity index (χ4v) is 1.95. The van der Waals surface area contributed by atoms with E-state index in [1.807, 2.05) is 0 Å². The molecule has 110 valence electrons. The highest BCUT2D eigenvalue weighted by atomic mass is 35.5. The summed E-state index contributed by atoms with van der Waals surface area (Å²) >= 11 is 6.04. The normalized spacial score (nSPS) is 10.2. The van der Waals surface area contributed by atoms with Crippen LogP contribution in [-0.4, -0.2) is 12.9 Å². The lowest BCUT2D eigenvalue weighted by molar-refractivity contribution is 0.299. The summed E-state index contributed by atoms with van der Waals surface area (Å²) in [7, 11) is 1.47. The van der Waals surface area contributed by atoms with Crippen LogP contribution in [0.5, 0.6) is 11.5 Å². The standard InChI is InChI=1S/C15H14ClFN2O2/c1-20-11-4-2-10(13(17)7-11)8-21-14-5-3-9(15(18)19)6-12(14)16/h2-7H,8H2,1H3,(H3,18,19). The average Bonchev–Trinajstić information content (AvgIpc) is 2.46. The van der Waals surface area contributed by atoms with E-state index in [-0.39, 0.29) is 12.4 Å². The molecule has 0 amide bonds. The average molecular weight is 309 g/mol. The second-order valence-corrected chi connectivity index (χ2v) is 4.71. The molecule has 0 fully saturated rings. The minimum atomic E-state index is -0.411. The third-order valence-corrected chi connectivity index (χ3v) is 3.18. The van der Waals surface area contributed by atoms with Gasteiger partial charge in [0.15, 0.2) is 0 Å². The Balaban J connectivity index is 2.11. The predicted molar refractivity (Wildman–Crippen MR) is 79.8 cm³/mol. The van der Waals surface area contributed by atoms with Crippen molar-refractivity contribution in [2.45, 2.75) is 6.61 Å². The van der Waals surface area contributed by atoms with Gasteiger partial charge in [0.05, 0.1) is 12.1 Å². The third-order valence-electron chi connectivity index (χ3n) is 2.89. The number of nitrogens with one attached hydrogen (secondary N) is 1. The van der Waals surface area contributed by atoms with E-state index in [0.717, 1.165) is 0 Å². The maximum Gasteiger partial charge on any atom is 0.138 e. The fraction of sp³-hybridized carbons (Fsp3) is 0.133. The van der Waals surface area contributed by atoms with Gasteiger partial charge in [0.2, 0.25) is 0 Å².